The molecule has 0 unspecified atom stereocenters. The van der Waals surface area contributed by atoms with Crippen molar-refractivity contribution in [1.82, 2.24) is 0 Å². The van der Waals surface area contributed by atoms with Crippen LogP contribution in [0, 0.1) is 0 Å². The number of ether oxygens (including phenoxy) is 2. The fraction of sp³-hybridized carbons (Fsp3) is 0.576. The first-order valence-electron chi connectivity index (χ1n) is 14.8. The molecule has 0 radical (unpaired) electrons. The van der Waals surface area contributed by atoms with Gasteiger partial charge in [-0.2, -0.15) is 0 Å². The second-order valence-corrected chi connectivity index (χ2v) is 11.8. The molecule has 0 aromatic heterocycles. The molecule has 2 aromatic carbocycles. The molecule has 2 atom stereocenters. The third kappa shape index (κ3) is 5.49. The molecule has 0 saturated heterocycles. The van der Waals surface area contributed by atoms with Gasteiger partial charge in [-0.1, -0.05) is 86.3 Å². The van der Waals surface area contributed by atoms with E-state index >= 15 is 0 Å². The van der Waals surface area contributed by atoms with Crippen LogP contribution in [-0.4, -0.2) is 35.1 Å². The Bertz CT molecular complexity index is 990. The van der Waals surface area contributed by atoms with Crippen LogP contribution >= 0.6 is 0 Å². The zero-order valence-corrected chi connectivity index (χ0v) is 22.2. The molecule has 0 N–H and O–H groups in total. The molecule has 4 heteroatoms. The van der Waals surface area contributed by atoms with E-state index < -0.39 is 0 Å². The van der Waals surface area contributed by atoms with Crippen molar-refractivity contribution in [3.8, 4) is 0 Å². The maximum Gasteiger partial charge on any atom is 0.193 e. The smallest absolute Gasteiger partial charge is 0.193 e. The van der Waals surface area contributed by atoms with Crippen LogP contribution in [0.15, 0.2) is 70.6 Å². The molecule has 37 heavy (non-hydrogen) atoms. The molecular formula is C33H42N2O2. The molecule has 2 fully saturated rings. The zero-order valence-electron chi connectivity index (χ0n) is 22.2. The van der Waals surface area contributed by atoms with Crippen LogP contribution in [0.3, 0.4) is 0 Å². The number of rotatable bonds is 6. The summed E-state index contributed by atoms with van der Waals surface area (Å²) in [6.07, 6.45) is 17.0. The van der Waals surface area contributed by atoms with E-state index in [9.17, 15) is 0 Å². The minimum atomic E-state index is -0.162. The van der Waals surface area contributed by atoms with Crippen molar-refractivity contribution in [2.24, 2.45) is 9.98 Å². The van der Waals surface area contributed by atoms with Crippen molar-refractivity contribution in [2.45, 2.75) is 120 Å². The second kappa shape index (κ2) is 11.0. The Labute approximate surface area is 222 Å². The van der Waals surface area contributed by atoms with Gasteiger partial charge in [0.05, 0.1) is 18.5 Å². The van der Waals surface area contributed by atoms with Crippen LogP contribution in [-0.2, 0) is 22.3 Å². The highest BCUT2D eigenvalue weighted by molar-refractivity contribution is 5.99. The second-order valence-electron chi connectivity index (χ2n) is 11.8. The lowest BCUT2D eigenvalue weighted by Gasteiger charge is -2.33. The summed E-state index contributed by atoms with van der Waals surface area (Å²) in [7, 11) is 0. The molecule has 2 saturated carbocycles. The summed E-state index contributed by atoms with van der Waals surface area (Å²) in [6.45, 7) is 0. The summed E-state index contributed by atoms with van der Waals surface area (Å²) in [6, 6.07) is 22.0. The molecule has 6 rings (SSSR count). The summed E-state index contributed by atoms with van der Waals surface area (Å²) in [4.78, 5) is 10.5. The van der Waals surface area contributed by atoms with Crippen LogP contribution in [0.1, 0.15) is 94.6 Å². The molecule has 2 aromatic rings. The van der Waals surface area contributed by atoms with Crippen LogP contribution in [0.25, 0.3) is 0 Å². The fourth-order valence-electron chi connectivity index (χ4n) is 7.20. The predicted octanol–water partition coefficient (Wildman–Crippen LogP) is 7.64. The van der Waals surface area contributed by atoms with E-state index in [-0.39, 0.29) is 23.3 Å². The van der Waals surface area contributed by atoms with Crippen LogP contribution in [0.2, 0.25) is 0 Å². The van der Waals surface area contributed by atoms with Crippen molar-refractivity contribution in [2.75, 3.05) is 0 Å². The SMILES string of the molecule is c1ccc(C[C@@H]2N=C(CC3=N[C@@H](Cc4ccccc4)C4(CCCCCC4)O3)OC23CCCCCC3)cc1. The van der Waals surface area contributed by atoms with E-state index in [1.165, 1.54) is 62.5 Å². The van der Waals surface area contributed by atoms with Crippen molar-refractivity contribution >= 4 is 11.8 Å². The molecular weight excluding hydrogens is 456 g/mol. The Hall–Kier alpha value is -2.62. The number of benzene rings is 2. The maximum atomic E-state index is 6.86. The maximum absolute atomic E-state index is 6.86. The average Bonchev–Trinajstić information content (AvgIpc) is 3.17. The first-order chi connectivity index (χ1) is 18.2. The van der Waals surface area contributed by atoms with Gasteiger partial charge in [0.2, 0.25) is 0 Å². The molecule has 2 spiro atoms. The third-order valence-electron chi connectivity index (χ3n) is 9.20. The van der Waals surface area contributed by atoms with Gasteiger partial charge in [0.15, 0.2) is 11.8 Å². The van der Waals surface area contributed by atoms with Gasteiger partial charge in [0, 0.05) is 0 Å². The van der Waals surface area contributed by atoms with Gasteiger partial charge in [-0.3, -0.25) is 0 Å². The number of hydrogen-bond acceptors (Lipinski definition) is 4. The van der Waals surface area contributed by atoms with Crippen LogP contribution in [0.4, 0.5) is 0 Å². The minimum absolute atomic E-state index is 0.162. The Balaban J connectivity index is 1.24. The quantitative estimate of drug-likeness (QED) is 0.411. The Morgan fingerprint density at radius 2 is 0.919 bits per heavy atom. The van der Waals surface area contributed by atoms with Crippen LogP contribution < -0.4 is 0 Å². The van der Waals surface area contributed by atoms with E-state index in [1.54, 1.807) is 0 Å². The number of aliphatic imine (C=N–C) groups is 2. The van der Waals surface area contributed by atoms with Gasteiger partial charge in [0.25, 0.3) is 0 Å². The summed E-state index contributed by atoms with van der Waals surface area (Å²) >= 11 is 0. The topological polar surface area (TPSA) is 43.2 Å². The lowest BCUT2D eigenvalue weighted by Crippen LogP contribution is -2.42. The van der Waals surface area contributed by atoms with Gasteiger partial charge in [-0.05, 0) is 75.3 Å². The van der Waals surface area contributed by atoms with Crippen molar-refractivity contribution in [3.05, 3.63) is 71.8 Å². The summed E-state index contributed by atoms with van der Waals surface area (Å²) in [5.74, 6) is 1.71. The summed E-state index contributed by atoms with van der Waals surface area (Å²) in [5, 5.41) is 0. The van der Waals surface area contributed by atoms with Gasteiger partial charge in [-0.25, -0.2) is 9.98 Å². The predicted molar refractivity (Wildman–Crippen MR) is 150 cm³/mol. The molecule has 196 valence electrons. The average molecular weight is 499 g/mol. The lowest BCUT2D eigenvalue weighted by atomic mass is 9.84. The fourth-order valence-corrected chi connectivity index (χ4v) is 7.20. The van der Waals surface area contributed by atoms with E-state index in [0.717, 1.165) is 50.3 Å². The third-order valence-corrected chi connectivity index (χ3v) is 9.20. The molecule has 2 aliphatic heterocycles. The molecule has 2 heterocycles. The summed E-state index contributed by atoms with van der Waals surface area (Å²) in [5.41, 5.74) is 2.37. The van der Waals surface area contributed by atoms with E-state index in [2.05, 4.69) is 60.7 Å². The standard InChI is InChI=1S/C33H42N2O2/c1-2-12-20-32(19-11-1)28(23-26-15-7-5-8-16-26)34-30(36-32)25-31-35-29(24-27-17-9-6-10-18-27)33(37-31)21-13-3-4-14-22-33/h5-10,15-18,28-29H,1-4,11-14,19-25H2/t28-,29-/m0/s1. The highest BCUT2D eigenvalue weighted by atomic mass is 16.5. The largest absolute Gasteiger partial charge is 0.472 e. The number of hydrogen-bond donors (Lipinski definition) is 0. The van der Waals surface area contributed by atoms with Gasteiger partial charge in [-0.15, -0.1) is 0 Å². The van der Waals surface area contributed by atoms with E-state index in [1.807, 2.05) is 0 Å². The molecule has 4 aliphatic rings. The number of nitrogens with zero attached hydrogens (tertiary/aromatic N) is 2. The van der Waals surface area contributed by atoms with Crippen molar-refractivity contribution in [3.63, 3.8) is 0 Å². The van der Waals surface area contributed by atoms with Crippen molar-refractivity contribution < 1.29 is 9.47 Å². The monoisotopic (exact) mass is 498 g/mol. The Morgan fingerprint density at radius 3 is 1.30 bits per heavy atom. The van der Waals surface area contributed by atoms with E-state index in [0.29, 0.717) is 6.42 Å². The first kappa shape index (κ1) is 24.7. The normalized spacial score (nSPS) is 26.6. The minimum Gasteiger partial charge on any atom is -0.472 e. The highest BCUT2D eigenvalue weighted by Gasteiger charge is 2.49. The first-order valence-corrected chi connectivity index (χ1v) is 14.8. The molecule has 2 aliphatic carbocycles. The van der Waals surface area contributed by atoms with Gasteiger partial charge < -0.3 is 9.47 Å². The van der Waals surface area contributed by atoms with Crippen molar-refractivity contribution in [1.29, 1.82) is 0 Å². The zero-order chi connectivity index (χ0) is 25.0. The molecule has 4 nitrogen and oxygen atoms in total. The molecule has 0 amide bonds. The molecule has 0 bridgehead atoms. The van der Waals surface area contributed by atoms with Crippen LogP contribution in [0.5, 0.6) is 0 Å². The van der Waals surface area contributed by atoms with Gasteiger partial charge in [0.1, 0.15) is 11.2 Å². The Morgan fingerprint density at radius 1 is 0.541 bits per heavy atom. The van der Waals surface area contributed by atoms with E-state index in [4.69, 9.17) is 19.5 Å². The lowest BCUT2D eigenvalue weighted by molar-refractivity contribution is 0.0319. The summed E-state index contributed by atoms with van der Waals surface area (Å²) < 4.78 is 13.7. The highest BCUT2D eigenvalue weighted by Crippen LogP contribution is 2.43. The van der Waals surface area contributed by atoms with Gasteiger partial charge >= 0.3 is 0 Å². The Kier molecular flexibility index (Phi) is 7.35.